The fraction of sp³-hybridized carbons (Fsp3) is 0.111. The van der Waals surface area contributed by atoms with Gasteiger partial charge in [-0.2, -0.15) is 0 Å². The Labute approximate surface area is 172 Å². The number of hydrogen-bond donors (Lipinski definition) is 8. The van der Waals surface area contributed by atoms with E-state index in [-0.39, 0.29) is 0 Å². The summed E-state index contributed by atoms with van der Waals surface area (Å²) < 4.78 is 0. The maximum atomic E-state index is 10.7. The van der Waals surface area contributed by atoms with Crippen molar-refractivity contribution >= 4 is 24.1 Å². The lowest BCUT2D eigenvalue weighted by Gasteiger charge is -2.17. The molecule has 12 N–H and O–H groups in total. The topological polar surface area (TPSA) is 220 Å². The molecule has 0 aliphatic rings. The zero-order chi connectivity index (χ0) is 22.5. The molecule has 0 saturated carbocycles. The van der Waals surface area contributed by atoms with Crippen molar-refractivity contribution in [3.05, 3.63) is 71.8 Å². The summed E-state index contributed by atoms with van der Waals surface area (Å²) in [5, 5.41) is 9.42. The van der Waals surface area contributed by atoms with Gasteiger partial charge in [0.1, 0.15) is 12.3 Å². The van der Waals surface area contributed by atoms with Crippen LogP contribution < -0.4 is 44.2 Å². The van der Waals surface area contributed by atoms with E-state index in [1.54, 1.807) is 48.5 Å². The smallest absolute Gasteiger partial charge is 0.314 e. The van der Waals surface area contributed by atoms with Gasteiger partial charge in [-0.1, -0.05) is 60.7 Å². The van der Waals surface area contributed by atoms with Gasteiger partial charge in [-0.3, -0.25) is 0 Å². The number of nitrogens with one attached hydrogen (secondary N) is 4. The second-order valence-corrected chi connectivity index (χ2v) is 5.72. The number of rotatable bonds is 6. The molecule has 0 heterocycles. The lowest BCUT2D eigenvalue weighted by Crippen LogP contribution is -2.45. The highest BCUT2D eigenvalue weighted by Crippen LogP contribution is 2.09. The largest absolute Gasteiger partial charge is 0.352 e. The molecule has 0 saturated heterocycles. The molecule has 0 unspecified atom stereocenters. The summed E-state index contributed by atoms with van der Waals surface area (Å²) in [4.78, 5) is 42.7. The number of carbonyl (C=O) groups is 4. The fourth-order valence-corrected chi connectivity index (χ4v) is 2.27. The van der Waals surface area contributed by atoms with Gasteiger partial charge in [0.25, 0.3) is 0 Å². The van der Waals surface area contributed by atoms with Crippen molar-refractivity contribution in [1.29, 1.82) is 0 Å². The van der Waals surface area contributed by atoms with Crippen LogP contribution in [0.5, 0.6) is 0 Å². The van der Waals surface area contributed by atoms with E-state index in [1.807, 2.05) is 12.1 Å². The van der Waals surface area contributed by atoms with Crippen molar-refractivity contribution in [1.82, 2.24) is 21.3 Å². The minimum absolute atomic E-state index is 0.690. The Bertz CT molecular complexity index is 744. The van der Waals surface area contributed by atoms with E-state index >= 15 is 0 Å². The lowest BCUT2D eigenvalue weighted by molar-refractivity contribution is 0.233. The van der Waals surface area contributed by atoms with Crippen LogP contribution in [0.25, 0.3) is 0 Å². The number of carbonyl (C=O) groups excluding carboxylic acids is 4. The Balaban J connectivity index is 0.000000300. The molecule has 0 aliphatic carbocycles. The van der Waals surface area contributed by atoms with Crippen LogP contribution in [0.2, 0.25) is 0 Å². The molecular weight excluding hydrogens is 392 g/mol. The molecule has 160 valence electrons. The van der Waals surface area contributed by atoms with E-state index in [9.17, 15) is 19.2 Å². The summed E-state index contributed by atoms with van der Waals surface area (Å²) in [5.41, 5.74) is 21.2. The maximum Gasteiger partial charge on any atom is 0.314 e. The summed E-state index contributed by atoms with van der Waals surface area (Å²) in [6.07, 6.45) is -1.41. The minimum Gasteiger partial charge on any atom is -0.352 e. The van der Waals surface area contributed by atoms with Gasteiger partial charge in [0.15, 0.2) is 0 Å². The molecule has 0 spiro atoms. The van der Waals surface area contributed by atoms with Gasteiger partial charge < -0.3 is 44.2 Å². The predicted octanol–water partition coefficient (Wildman–Crippen LogP) is 0.0436. The molecule has 0 aliphatic heterocycles. The number of primary amides is 4. The van der Waals surface area contributed by atoms with Crippen LogP contribution in [0.3, 0.4) is 0 Å². The molecule has 0 radical (unpaired) electrons. The maximum absolute atomic E-state index is 10.7. The Morgan fingerprint density at radius 3 is 0.933 bits per heavy atom. The molecule has 2 aromatic rings. The van der Waals surface area contributed by atoms with E-state index < -0.39 is 36.5 Å². The third-order valence-corrected chi connectivity index (χ3v) is 3.41. The summed E-state index contributed by atoms with van der Waals surface area (Å²) in [6.45, 7) is 0. The van der Waals surface area contributed by atoms with Crippen LogP contribution in [0.1, 0.15) is 23.5 Å². The first kappa shape index (κ1) is 23.6. The van der Waals surface area contributed by atoms with Gasteiger partial charge in [0.05, 0.1) is 0 Å². The fourth-order valence-electron chi connectivity index (χ4n) is 2.27. The number of hydrogen-bond acceptors (Lipinski definition) is 4. The average Bonchev–Trinajstić information content (AvgIpc) is 2.67. The van der Waals surface area contributed by atoms with Gasteiger partial charge in [-0.05, 0) is 11.1 Å². The Hall–Kier alpha value is -4.48. The molecule has 0 bridgehead atoms. The van der Waals surface area contributed by atoms with Gasteiger partial charge in [-0.25, -0.2) is 19.2 Å². The Kier molecular flexibility index (Phi) is 9.48. The van der Waals surface area contributed by atoms with Crippen LogP contribution in [0.4, 0.5) is 19.2 Å². The van der Waals surface area contributed by atoms with E-state index in [0.717, 1.165) is 0 Å². The van der Waals surface area contributed by atoms with Crippen LogP contribution in [-0.2, 0) is 0 Å². The van der Waals surface area contributed by atoms with Crippen LogP contribution >= 0.6 is 0 Å². The second-order valence-electron chi connectivity index (χ2n) is 5.72. The minimum atomic E-state index is -0.738. The average molecular weight is 416 g/mol. The molecule has 30 heavy (non-hydrogen) atoms. The summed E-state index contributed by atoms with van der Waals surface area (Å²) in [5.74, 6) is 0. The zero-order valence-corrected chi connectivity index (χ0v) is 15.9. The van der Waals surface area contributed by atoms with Crippen molar-refractivity contribution < 1.29 is 19.2 Å². The Morgan fingerprint density at radius 1 is 0.500 bits per heavy atom. The molecule has 2 rings (SSSR count). The van der Waals surface area contributed by atoms with Crippen molar-refractivity contribution in [2.45, 2.75) is 12.3 Å². The monoisotopic (exact) mass is 416 g/mol. The van der Waals surface area contributed by atoms with Crippen molar-refractivity contribution in [3.8, 4) is 0 Å². The quantitative estimate of drug-likeness (QED) is 0.305. The van der Waals surface area contributed by atoms with Crippen molar-refractivity contribution in [3.63, 3.8) is 0 Å². The highest BCUT2D eigenvalue weighted by molar-refractivity contribution is 5.76. The van der Waals surface area contributed by atoms with Crippen LogP contribution in [0, 0.1) is 0 Å². The molecular formula is C18H24N8O4. The third-order valence-electron chi connectivity index (χ3n) is 3.41. The number of amides is 8. The molecule has 8 amide bonds. The SMILES string of the molecule is NC(=O)NC(NC(N)=O)c1ccccc1.NC(=O)NC(NC(N)=O)c1ccccc1. The molecule has 0 fully saturated rings. The molecule has 12 nitrogen and oxygen atoms in total. The van der Waals surface area contributed by atoms with Gasteiger partial charge in [0.2, 0.25) is 0 Å². The lowest BCUT2D eigenvalue weighted by atomic mass is 10.2. The zero-order valence-electron chi connectivity index (χ0n) is 15.9. The third kappa shape index (κ3) is 9.45. The summed E-state index contributed by atoms with van der Waals surface area (Å²) in [7, 11) is 0. The van der Waals surface area contributed by atoms with Gasteiger partial charge >= 0.3 is 24.1 Å². The van der Waals surface area contributed by atoms with E-state index in [1.165, 1.54) is 0 Å². The van der Waals surface area contributed by atoms with Crippen molar-refractivity contribution in [2.75, 3.05) is 0 Å². The van der Waals surface area contributed by atoms with Gasteiger partial charge in [0, 0.05) is 0 Å². The highest BCUT2D eigenvalue weighted by atomic mass is 16.2. The second kappa shape index (κ2) is 12.1. The predicted molar refractivity (Wildman–Crippen MR) is 109 cm³/mol. The number of benzene rings is 2. The highest BCUT2D eigenvalue weighted by Gasteiger charge is 2.14. The number of urea groups is 4. The van der Waals surface area contributed by atoms with Crippen molar-refractivity contribution in [2.24, 2.45) is 22.9 Å². The summed E-state index contributed by atoms with van der Waals surface area (Å²) in [6, 6.07) is 14.7. The van der Waals surface area contributed by atoms with E-state index in [0.29, 0.717) is 11.1 Å². The first-order valence-electron chi connectivity index (χ1n) is 8.52. The first-order valence-corrected chi connectivity index (χ1v) is 8.52. The van der Waals surface area contributed by atoms with Crippen LogP contribution in [0.15, 0.2) is 60.7 Å². The molecule has 0 aromatic heterocycles. The number of nitrogens with two attached hydrogens (primary N) is 4. The van der Waals surface area contributed by atoms with E-state index in [2.05, 4.69) is 21.3 Å². The molecule has 12 heteroatoms. The standard InChI is InChI=1S/2C9H12N4O2/c2*10-8(14)12-7(13-9(11)15)6-4-2-1-3-5-6/h2*1-5,7H,(H3,10,12,14)(H3,11,13,15). The Morgan fingerprint density at radius 2 is 0.733 bits per heavy atom. The van der Waals surface area contributed by atoms with Crippen LogP contribution in [-0.4, -0.2) is 24.1 Å². The summed E-state index contributed by atoms with van der Waals surface area (Å²) >= 11 is 0. The normalized spacial score (nSPS) is 9.67. The first-order chi connectivity index (χ1) is 14.2. The molecule has 2 aromatic carbocycles. The van der Waals surface area contributed by atoms with Gasteiger partial charge in [-0.15, -0.1) is 0 Å². The molecule has 0 atom stereocenters. The van der Waals surface area contributed by atoms with E-state index in [4.69, 9.17) is 22.9 Å².